The van der Waals surface area contributed by atoms with E-state index < -0.39 is 36.1 Å². The van der Waals surface area contributed by atoms with Gasteiger partial charge in [0.05, 0.1) is 11.2 Å². The molecule has 0 atom stereocenters. The van der Waals surface area contributed by atoms with Crippen molar-refractivity contribution in [1.29, 1.82) is 0 Å². The van der Waals surface area contributed by atoms with E-state index in [-0.39, 0.29) is 12.2 Å². The number of hydrogen-bond donors (Lipinski definition) is 1. The van der Waals surface area contributed by atoms with Crippen LogP contribution >= 0.6 is 0 Å². The zero-order valence-corrected chi connectivity index (χ0v) is 17.7. The second-order valence-electron chi connectivity index (χ2n) is 8.28. The summed E-state index contributed by atoms with van der Waals surface area (Å²) in [6.45, 7) is 9.15. The lowest BCUT2D eigenvalue weighted by Gasteiger charge is -2.32. The van der Waals surface area contributed by atoms with Gasteiger partial charge in [0.15, 0.2) is 0 Å². The van der Waals surface area contributed by atoms with Crippen molar-refractivity contribution in [2.24, 2.45) is 0 Å². The van der Waals surface area contributed by atoms with E-state index in [4.69, 9.17) is 14.0 Å². The lowest BCUT2D eigenvalue weighted by atomic mass is 9.75. The van der Waals surface area contributed by atoms with Crippen LogP contribution in [0.3, 0.4) is 0 Å². The van der Waals surface area contributed by atoms with Gasteiger partial charge < -0.3 is 14.0 Å². The van der Waals surface area contributed by atoms with Gasteiger partial charge in [-0.1, -0.05) is 30.3 Å². The number of nitrogens with one attached hydrogen (secondary N) is 1. The molecule has 158 valence electrons. The molecule has 0 saturated carbocycles. The van der Waals surface area contributed by atoms with Crippen LogP contribution < -0.4 is 10.8 Å². The molecule has 0 radical (unpaired) electrons. The summed E-state index contributed by atoms with van der Waals surface area (Å²) in [4.78, 5) is 24.5. The van der Waals surface area contributed by atoms with Crippen LogP contribution in [0.4, 0.5) is 9.18 Å². The van der Waals surface area contributed by atoms with E-state index in [2.05, 4.69) is 5.32 Å². The number of rotatable bonds is 4. The molecule has 0 unspecified atom stereocenters. The normalized spacial score (nSPS) is 16.9. The summed E-state index contributed by atoms with van der Waals surface area (Å²) in [6.07, 6.45) is -0.915. The lowest BCUT2D eigenvalue weighted by Crippen LogP contribution is -2.41. The van der Waals surface area contributed by atoms with Crippen LogP contribution in [0.2, 0.25) is 0 Å². The first kappa shape index (κ1) is 22.0. The van der Waals surface area contributed by atoms with E-state index in [0.717, 1.165) is 11.6 Å². The SMILES string of the molecule is Cc1c(F)cc(C(=O)NC(=O)OCc2ccccc2)cc1B1OC(C)(C)C(C)(C)O1. The zero-order valence-electron chi connectivity index (χ0n) is 17.7. The molecular formula is C22H25BFNO5. The molecule has 1 saturated heterocycles. The Labute approximate surface area is 175 Å². The molecule has 2 amide bonds. The minimum absolute atomic E-state index is 0.0153. The lowest BCUT2D eigenvalue weighted by molar-refractivity contribution is 0.00578. The fraction of sp³-hybridized carbons (Fsp3) is 0.364. The molecule has 0 aliphatic carbocycles. The van der Waals surface area contributed by atoms with Crippen LogP contribution in [-0.4, -0.2) is 30.3 Å². The van der Waals surface area contributed by atoms with Crippen LogP contribution in [-0.2, 0) is 20.7 Å². The predicted molar refractivity (Wildman–Crippen MR) is 111 cm³/mol. The maximum atomic E-state index is 14.5. The van der Waals surface area contributed by atoms with Crippen molar-refractivity contribution in [3.05, 3.63) is 65.0 Å². The van der Waals surface area contributed by atoms with Crippen molar-refractivity contribution in [1.82, 2.24) is 5.32 Å². The van der Waals surface area contributed by atoms with E-state index in [1.807, 2.05) is 45.9 Å². The fourth-order valence-corrected chi connectivity index (χ4v) is 2.97. The summed E-state index contributed by atoms with van der Waals surface area (Å²) in [5.74, 6) is -1.37. The highest BCUT2D eigenvalue weighted by atomic mass is 19.1. The molecule has 1 fully saturated rings. The molecule has 0 spiro atoms. The van der Waals surface area contributed by atoms with Crippen LogP contribution in [0.1, 0.15) is 49.2 Å². The van der Waals surface area contributed by atoms with E-state index in [9.17, 15) is 14.0 Å². The molecule has 6 nitrogen and oxygen atoms in total. The Balaban J connectivity index is 1.73. The molecule has 1 aliphatic rings. The monoisotopic (exact) mass is 413 g/mol. The second kappa shape index (κ2) is 8.20. The Morgan fingerprint density at radius 3 is 2.27 bits per heavy atom. The molecule has 2 aromatic rings. The molecule has 0 aromatic heterocycles. The van der Waals surface area contributed by atoms with Crippen LogP contribution in [0.25, 0.3) is 0 Å². The van der Waals surface area contributed by atoms with Gasteiger partial charge in [-0.15, -0.1) is 0 Å². The maximum Gasteiger partial charge on any atom is 0.495 e. The number of hydrogen-bond acceptors (Lipinski definition) is 5. The Morgan fingerprint density at radius 1 is 1.07 bits per heavy atom. The molecule has 1 heterocycles. The van der Waals surface area contributed by atoms with Crippen molar-refractivity contribution in [3.8, 4) is 0 Å². The molecule has 3 rings (SSSR count). The second-order valence-corrected chi connectivity index (χ2v) is 8.28. The summed E-state index contributed by atoms with van der Waals surface area (Å²) >= 11 is 0. The molecule has 2 aromatic carbocycles. The van der Waals surface area contributed by atoms with Gasteiger partial charge in [0.2, 0.25) is 0 Å². The number of imide groups is 1. The van der Waals surface area contributed by atoms with Crippen molar-refractivity contribution in [3.63, 3.8) is 0 Å². The minimum atomic E-state index is -0.915. The van der Waals surface area contributed by atoms with Crippen molar-refractivity contribution in [2.45, 2.75) is 52.4 Å². The van der Waals surface area contributed by atoms with Crippen LogP contribution in [0.15, 0.2) is 42.5 Å². The van der Waals surface area contributed by atoms with Gasteiger partial charge in [0, 0.05) is 5.56 Å². The number of carbonyl (C=O) groups is 2. The van der Waals surface area contributed by atoms with Gasteiger partial charge in [0.25, 0.3) is 5.91 Å². The first-order valence-electron chi connectivity index (χ1n) is 9.68. The fourth-order valence-electron chi connectivity index (χ4n) is 2.97. The molecular weight excluding hydrogens is 388 g/mol. The predicted octanol–water partition coefficient (Wildman–Crippen LogP) is 3.50. The highest BCUT2D eigenvalue weighted by molar-refractivity contribution is 6.62. The summed E-state index contributed by atoms with van der Waals surface area (Å²) in [7, 11) is -0.831. The van der Waals surface area contributed by atoms with Crippen molar-refractivity contribution >= 4 is 24.6 Å². The minimum Gasteiger partial charge on any atom is -0.444 e. The number of alkyl carbamates (subject to hydrolysis) is 1. The molecule has 1 aliphatic heterocycles. The number of carbonyl (C=O) groups excluding carboxylic acids is 2. The summed E-state index contributed by atoms with van der Waals surface area (Å²) in [5, 5.41) is 2.12. The van der Waals surface area contributed by atoms with Gasteiger partial charge >= 0.3 is 13.2 Å². The Morgan fingerprint density at radius 2 is 1.67 bits per heavy atom. The number of amides is 2. The standard InChI is InChI=1S/C22H25BFNO5/c1-14-17(23-29-21(2,3)22(4,5)30-23)11-16(12-18(14)24)19(26)25-20(27)28-13-15-9-7-6-8-10-15/h6-12H,13H2,1-5H3,(H,25,26,27). The zero-order chi connectivity index (χ0) is 22.1. The summed E-state index contributed by atoms with van der Waals surface area (Å²) < 4.78 is 31.5. The van der Waals surface area contributed by atoms with E-state index >= 15 is 0 Å². The van der Waals surface area contributed by atoms with Crippen molar-refractivity contribution < 1.29 is 28.0 Å². The first-order chi connectivity index (χ1) is 14.0. The average molecular weight is 413 g/mol. The van der Waals surface area contributed by atoms with E-state index in [1.54, 1.807) is 19.1 Å². The molecule has 30 heavy (non-hydrogen) atoms. The van der Waals surface area contributed by atoms with Gasteiger partial charge in [-0.25, -0.2) is 9.18 Å². The largest absolute Gasteiger partial charge is 0.495 e. The molecule has 8 heteroatoms. The van der Waals surface area contributed by atoms with Gasteiger partial charge in [-0.2, -0.15) is 0 Å². The number of halogens is 1. The summed E-state index contributed by atoms with van der Waals surface area (Å²) in [6, 6.07) is 11.6. The number of ether oxygens (including phenoxy) is 1. The third-order valence-corrected chi connectivity index (χ3v) is 5.58. The van der Waals surface area contributed by atoms with E-state index in [1.165, 1.54) is 6.07 Å². The smallest absolute Gasteiger partial charge is 0.444 e. The van der Waals surface area contributed by atoms with Crippen molar-refractivity contribution in [2.75, 3.05) is 0 Å². The van der Waals surface area contributed by atoms with Gasteiger partial charge in [-0.05, 0) is 63.3 Å². The van der Waals surface area contributed by atoms with E-state index in [0.29, 0.717) is 11.0 Å². The Hall–Kier alpha value is -2.71. The third-order valence-electron chi connectivity index (χ3n) is 5.58. The maximum absolute atomic E-state index is 14.5. The first-order valence-corrected chi connectivity index (χ1v) is 9.68. The quantitative estimate of drug-likeness (QED) is 0.777. The molecule has 1 N–H and O–H groups in total. The molecule has 0 bridgehead atoms. The highest BCUT2D eigenvalue weighted by Crippen LogP contribution is 2.36. The van der Waals surface area contributed by atoms with Crippen LogP contribution in [0.5, 0.6) is 0 Å². The highest BCUT2D eigenvalue weighted by Gasteiger charge is 2.52. The topological polar surface area (TPSA) is 73.9 Å². The van der Waals surface area contributed by atoms with Crippen LogP contribution in [0, 0.1) is 12.7 Å². The van der Waals surface area contributed by atoms with Gasteiger partial charge in [-0.3, -0.25) is 10.1 Å². The third kappa shape index (κ3) is 4.55. The average Bonchev–Trinajstić information content (AvgIpc) is 2.90. The summed E-state index contributed by atoms with van der Waals surface area (Å²) in [5.41, 5.74) is 0.248. The Kier molecular flexibility index (Phi) is 6.01. The van der Waals surface area contributed by atoms with Gasteiger partial charge in [0.1, 0.15) is 12.4 Å². The number of benzene rings is 2. The Bertz CT molecular complexity index is 946.